The second kappa shape index (κ2) is 8.61. The van der Waals surface area contributed by atoms with Crippen molar-refractivity contribution >= 4 is 29.3 Å². The van der Waals surface area contributed by atoms with Crippen molar-refractivity contribution in [1.82, 2.24) is 10.2 Å². The number of amides is 2. The second-order valence-corrected chi connectivity index (χ2v) is 7.28. The summed E-state index contributed by atoms with van der Waals surface area (Å²) >= 11 is 0. The van der Waals surface area contributed by atoms with Crippen molar-refractivity contribution in [2.24, 2.45) is 16.5 Å². The number of nitrogens with two attached hydrogens (primary N) is 2. The number of hydrogen-bond acceptors (Lipinski definition) is 5. The molecule has 0 aliphatic carbocycles. The molecular formula is C18H28N6O3. The van der Waals surface area contributed by atoms with Gasteiger partial charge in [-0.05, 0) is 39.0 Å². The standard InChI is InChI=1S/C18H28N6O3/c1-18(2,3)27-17(26)21-12-15(25)24-9-7-23(8-10-24)14-6-4-5-13(11-14)22-16(19)20/h4-6,11H,7-10,12H2,1-3H3,(H,21,26)(H4,19,20,22). The van der Waals surface area contributed by atoms with Crippen LogP contribution in [-0.2, 0) is 9.53 Å². The van der Waals surface area contributed by atoms with Gasteiger partial charge < -0.3 is 31.3 Å². The highest BCUT2D eigenvalue weighted by Crippen LogP contribution is 2.22. The number of nitrogens with zero attached hydrogens (tertiary/aromatic N) is 3. The highest BCUT2D eigenvalue weighted by Gasteiger charge is 2.23. The van der Waals surface area contributed by atoms with E-state index in [1.165, 1.54) is 0 Å². The van der Waals surface area contributed by atoms with Crippen molar-refractivity contribution in [3.8, 4) is 0 Å². The number of alkyl carbamates (subject to hydrolysis) is 1. The molecule has 5 N–H and O–H groups in total. The number of guanidine groups is 1. The largest absolute Gasteiger partial charge is 0.444 e. The monoisotopic (exact) mass is 376 g/mol. The summed E-state index contributed by atoms with van der Waals surface area (Å²) in [6, 6.07) is 7.60. The van der Waals surface area contributed by atoms with E-state index in [1.54, 1.807) is 25.7 Å². The third-order valence-electron chi connectivity index (χ3n) is 3.87. The van der Waals surface area contributed by atoms with Gasteiger partial charge in [0.25, 0.3) is 0 Å². The molecule has 9 heteroatoms. The Morgan fingerprint density at radius 1 is 1.19 bits per heavy atom. The minimum Gasteiger partial charge on any atom is -0.444 e. The Balaban J connectivity index is 1.83. The van der Waals surface area contributed by atoms with E-state index in [0.29, 0.717) is 31.9 Å². The fourth-order valence-corrected chi connectivity index (χ4v) is 2.70. The average Bonchev–Trinajstić information content (AvgIpc) is 2.58. The van der Waals surface area contributed by atoms with E-state index in [4.69, 9.17) is 16.2 Å². The lowest BCUT2D eigenvalue weighted by Gasteiger charge is -2.36. The van der Waals surface area contributed by atoms with E-state index in [1.807, 2.05) is 24.3 Å². The van der Waals surface area contributed by atoms with Crippen molar-refractivity contribution in [1.29, 1.82) is 0 Å². The van der Waals surface area contributed by atoms with Crippen LogP contribution in [0.3, 0.4) is 0 Å². The van der Waals surface area contributed by atoms with Crippen molar-refractivity contribution in [3.63, 3.8) is 0 Å². The normalized spacial score (nSPS) is 14.5. The molecule has 0 atom stereocenters. The highest BCUT2D eigenvalue weighted by atomic mass is 16.6. The van der Waals surface area contributed by atoms with Crippen LogP contribution in [0.1, 0.15) is 20.8 Å². The molecule has 1 aliphatic rings. The van der Waals surface area contributed by atoms with Crippen LogP contribution in [0.25, 0.3) is 0 Å². The summed E-state index contributed by atoms with van der Waals surface area (Å²) in [6.07, 6.45) is -0.592. The second-order valence-electron chi connectivity index (χ2n) is 7.28. The molecule has 0 unspecified atom stereocenters. The molecule has 0 bridgehead atoms. The van der Waals surface area contributed by atoms with Gasteiger partial charge in [0.15, 0.2) is 5.96 Å². The summed E-state index contributed by atoms with van der Waals surface area (Å²) in [5.41, 5.74) is 11.9. The van der Waals surface area contributed by atoms with Gasteiger partial charge in [0.1, 0.15) is 12.1 Å². The molecule has 148 valence electrons. The average molecular weight is 376 g/mol. The molecule has 1 saturated heterocycles. The van der Waals surface area contributed by atoms with E-state index in [0.717, 1.165) is 5.69 Å². The number of aliphatic imine (C=N–C) groups is 1. The maximum Gasteiger partial charge on any atom is 0.408 e. The van der Waals surface area contributed by atoms with Gasteiger partial charge in [-0.1, -0.05) is 6.07 Å². The van der Waals surface area contributed by atoms with E-state index in [-0.39, 0.29) is 18.4 Å². The summed E-state index contributed by atoms with van der Waals surface area (Å²) in [5, 5.41) is 2.50. The lowest BCUT2D eigenvalue weighted by Crippen LogP contribution is -2.51. The van der Waals surface area contributed by atoms with Crippen LogP contribution in [0.2, 0.25) is 0 Å². The van der Waals surface area contributed by atoms with Crippen LogP contribution in [0.5, 0.6) is 0 Å². The van der Waals surface area contributed by atoms with Gasteiger partial charge >= 0.3 is 6.09 Å². The molecule has 0 saturated carbocycles. The van der Waals surface area contributed by atoms with Crippen LogP contribution in [0.15, 0.2) is 29.3 Å². The third-order valence-corrected chi connectivity index (χ3v) is 3.87. The zero-order valence-corrected chi connectivity index (χ0v) is 16.1. The van der Waals surface area contributed by atoms with E-state index in [9.17, 15) is 9.59 Å². The number of benzene rings is 1. The Kier molecular flexibility index (Phi) is 6.49. The summed E-state index contributed by atoms with van der Waals surface area (Å²) in [7, 11) is 0. The third kappa shape index (κ3) is 6.69. The number of rotatable bonds is 4. The SMILES string of the molecule is CC(C)(C)OC(=O)NCC(=O)N1CCN(c2cccc(N=C(N)N)c2)CC1. The number of ether oxygens (including phenoxy) is 1. The minimum atomic E-state index is -0.592. The van der Waals surface area contributed by atoms with E-state index in [2.05, 4.69) is 15.2 Å². The van der Waals surface area contributed by atoms with Gasteiger partial charge in [-0.15, -0.1) is 0 Å². The number of piperazine rings is 1. The molecular weight excluding hydrogens is 348 g/mol. The molecule has 1 aromatic rings. The fourth-order valence-electron chi connectivity index (χ4n) is 2.70. The number of hydrogen-bond donors (Lipinski definition) is 3. The first-order valence-electron chi connectivity index (χ1n) is 8.83. The van der Waals surface area contributed by atoms with Crippen LogP contribution in [0.4, 0.5) is 16.2 Å². The molecule has 1 heterocycles. The van der Waals surface area contributed by atoms with Gasteiger partial charge in [0.05, 0.1) is 5.69 Å². The summed E-state index contributed by atoms with van der Waals surface area (Å²) < 4.78 is 5.13. The molecule has 1 aliphatic heterocycles. The first-order valence-corrected chi connectivity index (χ1v) is 8.83. The maximum atomic E-state index is 12.3. The molecule has 1 fully saturated rings. The first-order chi connectivity index (χ1) is 12.6. The zero-order valence-electron chi connectivity index (χ0n) is 16.1. The van der Waals surface area contributed by atoms with Gasteiger partial charge in [0, 0.05) is 31.9 Å². The predicted octanol–water partition coefficient (Wildman–Crippen LogP) is 0.765. The molecule has 9 nitrogen and oxygen atoms in total. The number of carbonyl (C=O) groups excluding carboxylic acids is 2. The summed E-state index contributed by atoms with van der Waals surface area (Å²) in [4.78, 5) is 31.9. The molecule has 2 amide bonds. The quantitative estimate of drug-likeness (QED) is 0.526. The Morgan fingerprint density at radius 2 is 1.85 bits per heavy atom. The van der Waals surface area contributed by atoms with Crippen molar-refractivity contribution in [3.05, 3.63) is 24.3 Å². The predicted molar refractivity (Wildman–Crippen MR) is 105 cm³/mol. The zero-order chi connectivity index (χ0) is 20.0. The van der Waals surface area contributed by atoms with Crippen molar-refractivity contribution in [2.75, 3.05) is 37.6 Å². The van der Waals surface area contributed by atoms with Crippen LogP contribution < -0.4 is 21.7 Å². The Hall–Kier alpha value is -2.97. The number of nitrogens with one attached hydrogen (secondary N) is 1. The van der Waals surface area contributed by atoms with Gasteiger partial charge in [0.2, 0.25) is 5.91 Å². The minimum absolute atomic E-state index is 0.0139. The molecule has 0 radical (unpaired) electrons. The van der Waals surface area contributed by atoms with Gasteiger partial charge in [-0.25, -0.2) is 9.79 Å². The highest BCUT2D eigenvalue weighted by molar-refractivity contribution is 5.82. The number of carbonyl (C=O) groups is 2. The molecule has 0 aromatic heterocycles. The smallest absolute Gasteiger partial charge is 0.408 e. The van der Waals surface area contributed by atoms with Crippen molar-refractivity contribution in [2.45, 2.75) is 26.4 Å². The van der Waals surface area contributed by atoms with Crippen molar-refractivity contribution < 1.29 is 14.3 Å². The lowest BCUT2D eigenvalue weighted by atomic mass is 10.2. The Labute approximate surface area is 159 Å². The topological polar surface area (TPSA) is 126 Å². The first kappa shape index (κ1) is 20.3. The van der Waals surface area contributed by atoms with Gasteiger partial charge in [-0.3, -0.25) is 4.79 Å². The molecule has 2 rings (SSSR count). The van der Waals surface area contributed by atoms with E-state index >= 15 is 0 Å². The summed E-state index contributed by atoms with van der Waals surface area (Å²) in [5.74, 6) is -0.116. The van der Waals surface area contributed by atoms with Gasteiger partial charge in [-0.2, -0.15) is 0 Å². The Bertz CT molecular complexity index is 701. The summed E-state index contributed by atoms with van der Waals surface area (Å²) in [6.45, 7) is 7.76. The van der Waals surface area contributed by atoms with E-state index < -0.39 is 11.7 Å². The van der Waals surface area contributed by atoms with Crippen LogP contribution >= 0.6 is 0 Å². The fraction of sp³-hybridized carbons (Fsp3) is 0.500. The molecule has 27 heavy (non-hydrogen) atoms. The molecule has 0 spiro atoms. The Morgan fingerprint density at radius 3 is 2.44 bits per heavy atom. The number of anilines is 1. The lowest BCUT2D eigenvalue weighted by molar-refractivity contribution is -0.130. The van der Waals surface area contributed by atoms with Crippen LogP contribution in [-0.4, -0.2) is 61.2 Å². The molecule has 1 aromatic carbocycles. The maximum absolute atomic E-state index is 12.3. The van der Waals surface area contributed by atoms with Crippen LogP contribution in [0, 0.1) is 0 Å².